The normalized spacial score (nSPS) is 20.5. The van der Waals surface area contributed by atoms with Crippen molar-refractivity contribution in [3.05, 3.63) is 23.3 Å². The van der Waals surface area contributed by atoms with Crippen LogP contribution in [0.1, 0.15) is 29.8 Å². The molecule has 1 aromatic rings. The maximum absolute atomic E-state index is 11.8. The molecule has 0 saturated heterocycles. The van der Waals surface area contributed by atoms with Crippen molar-refractivity contribution < 1.29 is 14.3 Å². The smallest absolute Gasteiger partial charge is 0.255 e. The second-order valence-corrected chi connectivity index (χ2v) is 5.07. The molecule has 0 saturated carbocycles. The number of ether oxygens (including phenoxy) is 2. The van der Waals surface area contributed by atoms with Crippen LogP contribution >= 0.6 is 0 Å². The summed E-state index contributed by atoms with van der Waals surface area (Å²) in [6, 6.07) is 3.77. The summed E-state index contributed by atoms with van der Waals surface area (Å²) in [6.45, 7) is 5.09. The number of rotatable bonds is 0. The number of benzene rings is 1. The van der Waals surface area contributed by atoms with Crippen molar-refractivity contribution >= 4 is 5.91 Å². The van der Waals surface area contributed by atoms with Gasteiger partial charge in [0, 0.05) is 12.0 Å². The lowest BCUT2D eigenvalue weighted by molar-refractivity contribution is 0.0956. The molecular weight excluding hydrogens is 218 g/mol. The molecule has 1 aromatic carbocycles. The van der Waals surface area contributed by atoms with Gasteiger partial charge in [0.25, 0.3) is 5.91 Å². The first-order valence-corrected chi connectivity index (χ1v) is 5.83. The van der Waals surface area contributed by atoms with E-state index in [0.29, 0.717) is 24.5 Å². The Kier molecular flexibility index (Phi) is 2.08. The number of amides is 1. The van der Waals surface area contributed by atoms with Crippen molar-refractivity contribution in [2.45, 2.75) is 25.9 Å². The predicted molar refractivity (Wildman–Crippen MR) is 62.7 cm³/mol. The van der Waals surface area contributed by atoms with Gasteiger partial charge in [0.15, 0.2) is 11.5 Å². The molecule has 2 heterocycles. The Morgan fingerprint density at radius 1 is 1.29 bits per heavy atom. The molecule has 0 radical (unpaired) electrons. The molecule has 17 heavy (non-hydrogen) atoms. The molecule has 0 spiro atoms. The van der Waals surface area contributed by atoms with Crippen LogP contribution in [0.15, 0.2) is 12.1 Å². The standard InChI is InChI=1S/C13H15NO3/c1-13(2)7-8-3-4-9-11(10(8)17-13)16-6-5-14-12(9)15/h3-4H,5-7H2,1-2H3,(H,14,15). The van der Waals surface area contributed by atoms with E-state index in [2.05, 4.69) is 5.32 Å². The molecule has 3 rings (SSSR count). The number of hydrogen-bond donors (Lipinski definition) is 1. The van der Waals surface area contributed by atoms with Crippen LogP contribution < -0.4 is 14.8 Å². The minimum absolute atomic E-state index is 0.0893. The molecular formula is C13H15NO3. The van der Waals surface area contributed by atoms with E-state index in [1.807, 2.05) is 26.0 Å². The Morgan fingerprint density at radius 3 is 2.94 bits per heavy atom. The molecule has 0 fully saturated rings. The zero-order chi connectivity index (χ0) is 12.0. The predicted octanol–water partition coefficient (Wildman–Crippen LogP) is 1.52. The number of nitrogens with one attached hydrogen (secondary N) is 1. The van der Waals surface area contributed by atoms with E-state index in [4.69, 9.17) is 9.47 Å². The second-order valence-electron chi connectivity index (χ2n) is 5.07. The molecule has 0 bridgehead atoms. The zero-order valence-electron chi connectivity index (χ0n) is 10.0. The van der Waals surface area contributed by atoms with Gasteiger partial charge in [0.1, 0.15) is 12.2 Å². The van der Waals surface area contributed by atoms with Crippen LogP contribution in [-0.4, -0.2) is 24.7 Å². The fourth-order valence-electron chi connectivity index (χ4n) is 2.36. The zero-order valence-corrected chi connectivity index (χ0v) is 10.0. The molecule has 4 heteroatoms. The van der Waals surface area contributed by atoms with Crippen LogP contribution in [-0.2, 0) is 6.42 Å². The number of fused-ring (bicyclic) bond motifs is 3. The SMILES string of the molecule is CC1(C)Cc2ccc3c(c2O1)OCCNC3=O. The second kappa shape index (κ2) is 3.39. The van der Waals surface area contributed by atoms with E-state index in [-0.39, 0.29) is 11.5 Å². The summed E-state index contributed by atoms with van der Waals surface area (Å²) < 4.78 is 11.5. The minimum Gasteiger partial charge on any atom is -0.487 e. The Bertz CT molecular complexity index is 494. The van der Waals surface area contributed by atoms with Gasteiger partial charge in [-0.05, 0) is 19.9 Å². The molecule has 1 N–H and O–H groups in total. The molecule has 2 aliphatic rings. The number of hydrogen-bond acceptors (Lipinski definition) is 3. The highest BCUT2D eigenvalue weighted by Gasteiger charge is 2.35. The van der Waals surface area contributed by atoms with Gasteiger partial charge < -0.3 is 14.8 Å². The van der Waals surface area contributed by atoms with E-state index < -0.39 is 0 Å². The van der Waals surface area contributed by atoms with Crippen molar-refractivity contribution in [1.29, 1.82) is 0 Å². The van der Waals surface area contributed by atoms with E-state index in [1.54, 1.807) is 0 Å². The largest absolute Gasteiger partial charge is 0.487 e. The lowest BCUT2D eigenvalue weighted by atomic mass is 10.0. The molecule has 0 aliphatic carbocycles. The molecule has 0 aromatic heterocycles. The third-order valence-electron chi connectivity index (χ3n) is 3.07. The van der Waals surface area contributed by atoms with Gasteiger partial charge in [-0.1, -0.05) is 6.07 Å². The summed E-state index contributed by atoms with van der Waals surface area (Å²) >= 11 is 0. The van der Waals surface area contributed by atoms with Crippen molar-refractivity contribution in [3.8, 4) is 11.5 Å². The van der Waals surface area contributed by atoms with Gasteiger partial charge in [0.05, 0.1) is 12.1 Å². The Balaban J connectivity index is 2.13. The maximum Gasteiger partial charge on any atom is 0.255 e. The molecule has 4 nitrogen and oxygen atoms in total. The van der Waals surface area contributed by atoms with Gasteiger partial charge >= 0.3 is 0 Å². The monoisotopic (exact) mass is 233 g/mol. The summed E-state index contributed by atoms with van der Waals surface area (Å²) in [5.74, 6) is 1.25. The van der Waals surface area contributed by atoms with Gasteiger partial charge in [0.2, 0.25) is 0 Å². The number of carbonyl (C=O) groups is 1. The molecule has 1 amide bonds. The molecule has 90 valence electrons. The molecule has 0 atom stereocenters. The van der Waals surface area contributed by atoms with Gasteiger partial charge in [-0.15, -0.1) is 0 Å². The third-order valence-corrected chi connectivity index (χ3v) is 3.07. The Hall–Kier alpha value is -1.71. The lowest BCUT2D eigenvalue weighted by Crippen LogP contribution is -2.24. The summed E-state index contributed by atoms with van der Waals surface area (Å²) in [5, 5.41) is 2.79. The Morgan fingerprint density at radius 2 is 2.12 bits per heavy atom. The van der Waals surface area contributed by atoms with Crippen molar-refractivity contribution in [3.63, 3.8) is 0 Å². The van der Waals surface area contributed by atoms with Gasteiger partial charge in [-0.3, -0.25) is 4.79 Å². The average molecular weight is 233 g/mol. The summed E-state index contributed by atoms with van der Waals surface area (Å²) in [5.41, 5.74) is 1.46. The van der Waals surface area contributed by atoms with Crippen LogP contribution in [0.25, 0.3) is 0 Å². The van der Waals surface area contributed by atoms with Crippen LogP contribution in [0.3, 0.4) is 0 Å². The van der Waals surface area contributed by atoms with E-state index in [0.717, 1.165) is 17.7 Å². The number of carbonyl (C=O) groups excluding carboxylic acids is 1. The fraction of sp³-hybridized carbons (Fsp3) is 0.462. The van der Waals surface area contributed by atoms with Gasteiger partial charge in [-0.2, -0.15) is 0 Å². The first-order chi connectivity index (χ1) is 8.07. The summed E-state index contributed by atoms with van der Waals surface area (Å²) in [4.78, 5) is 11.8. The maximum atomic E-state index is 11.8. The highest BCUT2D eigenvalue weighted by molar-refractivity contribution is 5.98. The molecule has 2 aliphatic heterocycles. The van der Waals surface area contributed by atoms with E-state index in [1.165, 1.54) is 0 Å². The van der Waals surface area contributed by atoms with E-state index >= 15 is 0 Å². The van der Waals surface area contributed by atoms with Crippen LogP contribution in [0.5, 0.6) is 11.5 Å². The first kappa shape index (κ1) is 10.4. The van der Waals surface area contributed by atoms with Crippen LogP contribution in [0, 0.1) is 0 Å². The highest BCUT2D eigenvalue weighted by atomic mass is 16.5. The van der Waals surface area contributed by atoms with Crippen molar-refractivity contribution in [2.75, 3.05) is 13.2 Å². The average Bonchev–Trinajstić information content (AvgIpc) is 2.45. The quantitative estimate of drug-likeness (QED) is 0.739. The van der Waals surface area contributed by atoms with Crippen molar-refractivity contribution in [2.24, 2.45) is 0 Å². The third kappa shape index (κ3) is 1.64. The van der Waals surface area contributed by atoms with Crippen LogP contribution in [0.2, 0.25) is 0 Å². The fourth-order valence-corrected chi connectivity index (χ4v) is 2.36. The summed E-state index contributed by atoms with van der Waals surface area (Å²) in [6.07, 6.45) is 0.848. The van der Waals surface area contributed by atoms with E-state index in [9.17, 15) is 4.79 Å². The summed E-state index contributed by atoms with van der Waals surface area (Å²) in [7, 11) is 0. The van der Waals surface area contributed by atoms with Gasteiger partial charge in [-0.25, -0.2) is 0 Å². The first-order valence-electron chi connectivity index (χ1n) is 5.83. The van der Waals surface area contributed by atoms with Crippen molar-refractivity contribution in [1.82, 2.24) is 5.32 Å². The Labute approximate surface area is 99.9 Å². The topological polar surface area (TPSA) is 47.6 Å². The molecule has 0 unspecified atom stereocenters. The lowest BCUT2D eigenvalue weighted by Gasteiger charge is -2.18. The van der Waals surface area contributed by atoms with Crippen LogP contribution in [0.4, 0.5) is 0 Å². The minimum atomic E-state index is -0.219. The highest BCUT2D eigenvalue weighted by Crippen LogP contribution is 2.44.